The molecule has 0 bridgehead atoms. The summed E-state index contributed by atoms with van der Waals surface area (Å²) in [6.07, 6.45) is 0. The van der Waals surface area contributed by atoms with Crippen molar-refractivity contribution in [1.82, 2.24) is 0 Å². The van der Waals surface area contributed by atoms with Gasteiger partial charge in [-0.25, -0.2) is 0 Å². The van der Waals surface area contributed by atoms with Gasteiger partial charge in [-0.2, -0.15) is 0 Å². The first-order chi connectivity index (χ1) is 15.5. The molecule has 3 aromatic rings. The summed E-state index contributed by atoms with van der Waals surface area (Å²) in [7, 11) is 0. The Morgan fingerprint density at radius 3 is 2.03 bits per heavy atom. The molecule has 2 amide bonds. The molecule has 0 atom stereocenters. The maximum atomic E-state index is 12.6. The molecule has 0 saturated heterocycles. The van der Waals surface area contributed by atoms with Crippen LogP contribution in [0.4, 0.5) is 11.4 Å². The summed E-state index contributed by atoms with van der Waals surface area (Å²) in [6.45, 7) is 10.0. The Bertz CT molecular complexity index is 1140. The van der Waals surface area contributed by atoms with Crippen molar-refractivity contribution in [3.63, 3.8) is 0 Å². The summed E-state index contributed by atoms with van der Waals surface area (Å²) >= 11 is 6.17. The van der Waals surface area contributed by atoms with Gasteiger partial charge in [0.05, 0.1) is 0 Å². The molecule has 0 fully saturated rings. The highest BCUT2D eigenvalue weighted by molar-refractivity contribution is 6.32. The molecule has 2 N–H and O–H groups in total. The summed E-state index contributed by atoms with van der Waals surface area (Å²) in [6, 6.07) is 18.2. The fraction of sp³-hybridized carbons (Fsp3) is 0.259. The van der Waals surface area contributed by atoms with Crippen LogP contribution < -0.4 is 15.4 Å². The lowest BCUT2D eigenvalue weighted by Gasteiger charge is -2.19. The van der Waals surface area contributed by atoms with E-state index in [2.05, 4.69) is 31.4 Å². The monoisotopic (exact) mass is 464 g/mol. The van der Waals surface area contributed by atoms with Crippen LogP contribution in [-0.4, -0.2) is 18.4 Å². The molecule has 6 heteroatoms. The number of carbonyl (C=O) groups is 2. The van der Waals surface area contributed by atoms with Crippen LogP contribution in [0.5, 0.6) is 5.75 Å². The van der Waals surface area contributed by atoms with E-state index in [1.54, 1.807) is 36.4 Å². The Kier molecular flexibility index (Phi) is 7.44. The Labute approximate surface area is 200 Å². The van der Waals surface area contributed by atoms with E-state index in [0.717, 1.165) is 16.7 Å². The van der Waals surface area contributed by atoms with Gasteiger partial charge in [0.2, 0.25) is 0 Å². The van der Waals surface area contributed by atoms with E-state index in [1.807, 2.05) is 38.1 Å². The van der Waals surface area contributed by atoms with E-state index < -0.39 is 0 Å². The van der Waals surface area contributed by atoms with Gasteiger partial charge >= 0.3 is 0 Å². The molecule has 5 nitrogen and oxygen atoms in total. The van der Waals surface area contributed by atoms with Gasteiger partial charge in [-0.3, -0.25) is 9.59 Å². The van der Waals surface area contributed by atoms with Crippen LogP contribution in [0.2, 0.25) is 5.02 Å². The maximum absolute atomic E-state index is 12.6. The predicted molar refractivity (Wildman–Crippen MR) is 135 cm³/mol. The summed E-state index contributed by atoms with van der Waals surface area (Å²) in [5.74, 6) is 0.0697. The largest absolute Gasteiger partial charge is 0.484 e. The quantitative estimate of drug-likeness (QED) is 0.436. The van der Waals surface area contributed by atoms with Crippen molar-refractivity contribution < 1.29 is 14.3 Å². The van der Waals surface area contributed by atoms with Crippen molar-refractivity contribution >= 4 is 34.8 Å². The SMILES string of the molecule is Cc1cc(OCC(=O)Nc2cccc(NC(=O)c3ccc(C(C)(C)C)cc3)c2)cc(C)c1Cl. The summed E-state index contributed by atoms with van der Waals surface area (Å²) in [5, 5.41) is 6.35. The van der Waals surface area contributed by atoms with Crippen molar-refractivity contribution in [3.05, 3.63) is 87.9 Å². The highest BCUT2D eigenvalue weighted by atomic mass is 35.5. The first-order valence-electron chi connectivity index (χ1n) is 10.7. The standard InChI is InChI=1S/C27H29ClN2O3/c1-17-13-23(14-18(2)25(17)28)33-16-24(31)29-21-7-6-8-22(15-21)30-26(32)19-9-11-20(12-10-19)27(3,4)5/h6-15H,16H2,1-5H3,(H,29,31)(H,30,32). The Morgan fingerprint density at radius 2 is 1.45 bits per heavy atom. The summed E-state index contributed by atoms with van der Waals surface area (Å²) < 4.78 is 5.60. The smallest absolute Gasteiger partial charge is 0.262 e. The number of nitrogens with one attached hydrogen (secondary N) is 2. The van der Waals surface area contributed by atoms with E-state index in [1.165, 1.54) is 0 Å². The lowest BCUT2D eigenvalue weighted by Crippen LogP contribution is -2.20. The summed E-state index contributed by atoms with van der Waals surface area (Å²) in [4.78, 5) is 25.0. The number of carbonyl (C=O) groups excluding carboxylic acids is 2. The van der Waals surface area contributed by atoms with Gasteiger partial charge in [0.15, 0.2) is 6.61 Å². The molecule has 0 heterocycles. The first-order valence-corrected chi connectivity index (χ1v) is 11.1. The average molecular weight is 465 g/mol. The van der Waals surface area contributed by atoms with Crippen LogP contribution in [0.25, 0.3) is 0 Å². The van der Waals surface area contributed by atoms with Crippen LogP contribution in [-0.2, 0) is 10.2 Å². The van der Waals surface area contributed by atoms with E-state index in [-0.39, 0.29) is 23.8 Å². The van der Waals surface area contributed by atoms with E-state index in [0.29, 0.717) is 27.7 Å². The van der Waals surface area contributed by atoms with Crippen LogP contribution in [0.15, 0.2) is 60.7 Å². The molecule has 3 aromatic carbocycles. The van der Waals surface area contributed by atoms with E-state index in [4.69, 9.17) is 16.3 Å². The number of anilines is 2. The lowest BCUT2D eigenvalue weighted by atomic mass is 9.87. The second kappa shape index (κ2) is 10.1. The maximum Gasteiger partial charge on any atom is 0.262 e. The van der Waals surface area contributed by atoms with E-state index >= 15 is 0 Å². The number of benzene rings is 3. The Morgan fingerprint density at radius 1 is 0.879 bits per heavy atom. The van der Waals surface area contributed by atoms with Crippen LogP contribution in [0.1, 0.15) is 47.8 Å². The normalized spacial score (nSPS) is 11.1. The van der Waals surface area contributed by atoms with Crippen LogP contribution in [0, 0.1) is 13.8 Å². The number of halogens is 1. The number of ether oxygens (including phenoxy) is 1. The number of hydrogen-bond acceptors (Lipinski definition) is 3. The molecular weight excluding hydrogens is 436 g/mol. The molecular formula is C27H29ClN2O3. The molecule has 0 aliphatic rings. The van der Waals surface area contributed by atoms with Crippen LogP contribution in [0.3, 0.4) is 0 Å². The lowest BCUT2D eigenvalue weighted by molar-refractivity contribution is -0.118. The average Bonchev–Trinajstić information content (AvgIpc) is 2.75. The van der Waals surface area contributed by atoms with Gasteiger partial charge in [-0.15, -0.1) is 0 Å². The molecule has 0 unspecified atom stereocenters. The summed E-state index contributed by atoms with van der Waals surface area (Å²) in [5.41, 5.74) is 4.69. The zero-order valence-electron chi connectivity index (χ0n) is 19.6. The predicted octanol–water partition coefficient (Wildman–Crippen LogP) is 6.52. The number of hydrogen-bond donors (Lipinski definition) is 2. The van der Waals surface area contributed by atoms with Gasteiger partial charge in [0.25, 0.3) is 11.8 Å². The van der Waals surface area contributed by atoms with Crippen LogP contribution >= 0.6 is 11.6 Å². The van der Waals surface area contributed by atoms with Crippen molar-refractivity contribution in [1.29, 1.82) is 0 Å². The zero-order valence-corrected chi connectivity index (χ0v) is 20.3. The molecule has 0 aromatic heterocycles. The van der Waals surface area contributed by atoms with Crippen molar-refractivity contribution in [3.8, 4) is 5.75 Å². The van der Waals surface area contributed by atoms with E-state index in [9.17, 15) is 9.59 Å². The van der Waals surface area contributed by atoms with Crippen molar-refractivity contribution in [2.45, 2.75) is 40.0 Å². The Balaban J connectivity index is 1.59. The Hall–Kier alpha value is -3.31. The van der Waals surface area contributed by atoms with Crippen molar-refractivity contribution in [2.24, 2.45) is 0 Å². The third-order valence-electron chi connectivity index (χ3n) is 5.20. The zero-order chi connectivity index (χ0) is 24.2. The molecule has 33 heavy (non-hydrogen) atoms. The molecule has 3 rings (SSSR count). The number of aryl methyl sites for hydroxylation is 2. The first kappa shape index (κ1) is 24.3. The van der Waals surface area contributed by atoms with Gasteiger partial charge in [-0.1, -0.05) is 50.6 Å². The highest BCUT2D eigenvalue weighted by Crippen LogP contribution is 2.26. The molecule has 0 spiro atoms. The molecule has 0 saturated carbocycles. The topological polar surface area (TPSA) is 67.4 Å². The molecule has 0 radical (unpaired) electrons. The number of rotatable bonds is 6. The van der Waals surface area contributed by atoms with Gasteiger partial charge in [-0.05, 0) is 78.4 Å². The fourth-order valence-corrected chi connectivity index (χ4v) is 3.44. The van der Waals surface area contributed by atoms with Gasteiger partial charge in [0, 0.05) is 22.0 Å². The third kappa shape index (κ3) is 6.59. The second-order valence-corrected chi connectivity index (χ2v) is 9.45. The second-order valence-electron chi connectivity index (χ2n) is 9.07. The van der Waals surface area contributed by atoms with Gasteiger partial charge < -0.3 is 15.4 Å². The minimum absolute atomic E-state index is 0.0243. The minimum atomic E-state index is -0.304. The van der Waals surface area contributed by atoms with Crippen molar-refractivity contribution in [2.75, 3.05) is 17.2 Å². The van der Waals surface area contributed by atoms with Gasteiger partial charge in [0.1, 0.15) is 5.75 Å². The third-order valence-corrected chi connectivity index (χ3v) is 5.79. The molecule has 172 valence electrons. The minimum Gasteiger partial charge on any atom is -0.484 e. The number of amides is 2. The molecule has 0 aliphatic carbocycles. The fourth-order valence-electron chi connectivity index (χ4n) is 3.34. The highest BCUT2D eigenvalue weighted by Gasteiger charge is 2.14. The molecule has 0 aliphatic heterocycles.